The van der Waals surface area contributed by atoms with Gasteiger partial charge >= 0.3 is 6.03 Å². The van der Waals surface area contributed by atoms with Gasteiger partial charge in [0.1, 0.15) is 0 Å². The highest BCUT2D eigenvalue weighted by Crippen LogP contribution is 2.22. The van der Waals surface area contributed by atoms with E-state index in [1.807, 2.05) is 27.3 Å². The molecule has 2 aliphatic rings. The number of nitrogens with zero attached hydrogens (tertiary/aromatic N) is 3. The van der Waals surface area contributed by atoms with E-state index in [2.05, 4.69) is 17.3 Å². The van der Waals surface area contributed by atoms with Gasteiger partial charge in [-0.1, -0.05) is 0 Å². The molecule has 0 spiro atoms. The molecule has 0 aromatic carbocycles. The molecule has 1 aromatic heterocycles. The van der Waals surface area contributed by atoms with Crippen LogP contribution in [-0.4, -0.2) is 73.0 Å². The van der Waals surface area contributed by atoms with Crippen molar-refractivity contribution in [2.75, 3.05) is 51.6 Å². The lowest BCUT2D eigenvalue weighted by Crippen LogP contribution is -2.51. The van der Waals surface area contributed by atoms with E-state index in [9.17, 15) is 9.59 Å². The summed E-state index contributed by atoms with van der Waals surface area (Å²) < 4.78 is 0. The normalized spacial score (nSPS) is 20.6. The third-order valence-corrected chi connectivity index (χ3v) is 5.48. The number of likely N-dealkylation sites (tertiary alicyclic amines) is 1. The third kappa shape index (κ3) is 4.03. The van der Waals surface area contributed by atoms with Crippen LogP contribution in [0.15, 0.2) is 17.5 Å². The number of carbonyl (C=O) groups excluding carboxylic acids is 2. The van der Waals surface area contributed by atoms with Gasteiger partial charge in [0.2, 0.25) is 5.91 Å². The van der Waals surface area contributed by atoms with Crippen LogP contribution in [0.25, 0.3) is 0 Å². The zero-order chi connectivity index (χ0) is 16.2. The van der Waals surface area contributed by atoms with E-state index in [0.29, 0.717) is 13.1 Å². The molecule has 0 saturated carbocycles. The smallest absolute Gasteiger partial charge is 0.322 e. The first-order valence-corrected chi connectivity index (χ1v) is 9.08. The molecular formula is C16H24N4O2S. The van der Waals surface area contributed by atoms with Crippen LogP contribution in [0.3, 0.4) is 0 Å². The molecule has 23 heavy (non-hydrogen) atoms. The lowest BCUT2D eigenvalue weighted by atomic mass is 9.95. The SMILES string of the molecule is CN1CCN(C(=O)C2CCN(C(=O)Nc3cccs3)CC2)CC1. The summed E-state index contributed by atoms with van der Waals surface area (Å²) in [6.45, 7) is 4.87. The number of likely N-dealkylation sites (N-methyl/N-ethyl adjacent to an activating group) is 1. The van der Waals surface area contributed by atoms with E-state index < -0.39 is 0 Å². The van der Waals surface area contributed by atoms with Crippen LogP contribution in [0.2, 0.25) is 0 Å². The molecule has 0 unspecified atom stereocenters. The Balaban J connectivity index is 1.46. The quantitative estimate of drug-likeness (QED) is 0.895. The van der Waals surface area contributed by atoms with Crippen molar-refractivity contribution in [1.82, 2.24) is 14.7 Å². The number of hydrogen-bond donors (Lipinski definition) is 1. The maximum atomic E-state index is 12.6. The molecule has 0 radical (unpaired) electrons. The van der Waals surface area contributed by atoms with Crippen molar-refractivity contribution in [2.24, 2.45) is 5.92 Å². The maximum absolute atomic E-state index is 12.6. The Morgan fingerprint density at radius 2 is 1.78 bits per heavy atom. The molecular weight excluding hydrogens is 312 g/mol. The van der Waals surface area contributed by atoms with Crippen LogP contribution in [-0.2, 0) is 4.79 Å². The first-order chi connectivity index (χ1) is 11.1. The number of carbonyl (C=O) groups is 2. The summed E-state index contributed by atoms with van der Waals surface area (Å²) in [7, 11) is 2.09. The summed E-state index contributed by atoms with van der Waals surface area (Å²) >= 11 is 1.52. The average molecular weight is 336 g/mol. The summed E-state index contributed by atoms with van der Waals surface area (Å²) in [6.07, 6.45) is 1.53. The Kier molecular flexibility index (Phi) is 5.17. The Morgan fingerprint density at radius 1 is 1.09 bits per heavy atom. The third-order valence-electron chi connectivity index (χ3n) is 4.70. The van der Waals surface area contributed by atoms with Crippen molar-refractivity contribution in [1.29, 1.82) is 0 Å². The number of rotatable bonds is 2. The zero-order valence-corrected chi connectivity index (χ0v) is 14.3. The Labute approximate surface area is 141 Å². The van der Waals surface area contributed by atoms with Crippen molar-refractivity contribution in [3.8, 4) is 0 Å². The van der Waals surface area contributed by atoms with Gasteiger partial charge in [0.25, 0.3) is 0 Å². The summed E-state index contributed by atoms with van der Waals surface area (Å²) in [4.78, 5) is 30.8. The zero-order valence-electron chi connectivity index (χ0n) is 13.5. The molecule has 2 aliphatic heterocycles. The van der Waals surface area contributed by atoms with Gasteiger partial charge < -0.3 is 14.7 Å². The lowest BCUT2D eigenvalue weighted by Gasteiger charge is -2.37. The van der Waals surface area contributed by atoms with E-state index in [-0.39, 0.29) is 17.9 Å². The number of amides is 3. The minimum atomic E-state index is -0.0575. The summed E-state index contributed by atoms with van der Waals surface area (Å²) in [5.74, 6) is 0.348. The second kappa shape index (κ2) is 7.31. The van der Waals surface area contributed by atoms with Gasteiger partial charge in [-0.2, -0.15) is 0 Å². The van der Waals surface area contributed by atoms with Crippen molar-refractivity contribution < 1.29 is 9.59 Å². The highest BCUT2D eigenvalue weighted by molar-refractivity contribution is 7.14. The number of urea groups is 1. The first kappa shape index (κ1) is 16.3. The van der Waals surface area contributed by atoms with E-state index in [1.54, 1.807) is 0 Å². The van der Waals surface area contributed by atoms with Gasteiger partial charge in [-0.05, 0) is 37.4 Å². The fourth-order valence-corrected chi connectivity index (χ4v) is 3.76. The minimum Gasteiger partial charge on any atom is -0.340 e. The molecule has 1 N–H and O–H groups in total. The largest absolute Gasteiger partial charge is 0.340 e. The highest BCUT2D eigenvalue weighted by Gasteiger charge is 2.31. The molecule has 2 fully saturated rings. The van der Waals surface area contributed by atoms with E-state index >= 15 is 0 Å². The molecule has 0 atom stereocenters. The van der Waals surface area contributed by atoms with Crippen LogP contribution in [0, 0.1) is 5.92 Å². The van der Waals surface area contributed by atoms with Crippen molar-refractivity contribution in [2.45, 2.75) is 12.8 Å². The minimum absolute atomic E-state index is 0.0575. The van der Waals surface area contributed by atoms with Crippen LogP contribution < -0.4 is 5.32 Å². The van der Waals surface area contributed by atoms with E-state index in [0.717, 1.165) is 44.0 Å². The second-order valence-electron chi connectivity index (χ2n) is 6.30. The van der Waals surface area contributed by atoms with Crippen molar-refractivity contribution in [3.63, 3.8) is 0 Å². The van der Waals surface area contributed by atoms with Crippen LogP contribution in [0.1, 0.15) is 12.8 Å². The fourth-order valence-electron chi connectivity index (χ4n) is 3.15. The standard InChI is InChI=1S/C16H24N4O2S/c1-18-8-10-19(11-9-18)15(21)13-4-6-20(7-5-13)16(22)17-14-3-2-12-23-14/h2-3,12-13H,4-11H2,1H3,(H,17,22). The summed E-state index contributed by atoms with van der Waals surface area (Å²) in [5, 5.41) is 5.72. The number of nitrogens with one attached hydrogen (secondary N) is 1. The predicted molar refractivity (Wildman–Crippen MR) is 91.7 cm³/mol. The molecule has 3 rings (SSSR count). The van der Waals surface area contributed by atoms with Gasteiger partial charge in [-0.3, -0.25) is 10.1 Å². The predicted octanol–water partition coefficient (Wildman–Crippen LogP) is 1.77. The average Bonchev–Trinajstić information content (AvgIpc) is 3.08. The molecule has 1 aromatic rings. The van der Waals surface area contributed by atoms with Gasteiger partial charge in [0.15, 0.2) is 0 Å². The molecule has 126 valence electrons. The highest BCUT2D eigenvalue weighted by atomic mass is 32.1. The number of piperazine rings is 1. The van der Waals surface area contributed by atoms with Crippen LogP contribution in [0.5, 0.6) is 0 Å². The van der Waals surface area contributed by atoms with E-state index in [4.69, 9.17) is 0 Å². The monoisotopic (exact) mass is 336 g/mol. The molecule has 3 amide bonds. The number of thiophene rings is 1. The molecule has 6 nitrogen and oxygen atoms in total. The molecule has 7 heteroatoms. The van der Waals surface area contributed by atoms with E-state index in [1.165, 1.54) is 11.3 Å². The molecule has 2 saturated heterocycles. The topological polar surface area (TPSA) is 55.9 Å². The second-order valence-corrected chi connectivity index (χ2v) is 7.25. The fraction of sp³-hybridized carbons (Fsp3) is 0.625. The first-order valence-electron chi connectivity index (χ1n) is 8.20. The van der Waals surface area contributed by atoms with Gasteiger partial charge in [0, 0.05) is 45.2 Å². The summed E-state index contributed by atoms with van der Waals surface area (Å²) in [6, 6.07) is 3.76. The molecule has 0 bridgehead atoms. The van der Waals surface area contributed by atoms with Gasteiger partial charge in [-0.25, -0.2) is 4.79 Å². The number of hydrogen-bond acceptors (Lipinski definition) is 4. The Bertz CT molecular complexity index is 532. The van der Waals surface area contributed by atoms with Crippen LogP contribution in [0.4, 0.5) is 9.80 Å². The molecule has 3 heterocycles. The van der Waals surface area contributed by atoms with Crippen LogP contribution >= 0.6 is 11.3 Å². The number of piperidine rings is 1. The lowest BCUT2D eigenvalue weighted by molar-refractivity contribution is -0.138. The van der Waals surface area contributed by atoms with Gasteiger partial charge in [0.05, 0.1) is 5.00 Å². The Morgan fingerprint density at radius 3 is 2.39 bits per heavy atom. The van der Waals surface area contributed by atoms with Crippen molar-refractivity contribution in [3.05, 3.63) is 17.5 Å². The summed E-state index contributed by atoms with van der Waals surface area (Å²) in [5.41, 5.74) is 0. The van der Waals surface area contributed by atoms with Crippen molar-refractivity contribution >= 4 is 28.3 Å². The number of anilines is 1. The maximum Gasteiger partial charge on any atom is 0.322 e. The Hall–Kier alpha value is -1.60. The van der Waals surface area contributed by atoms with Gasteiger partial charge in [-0.15, -0.1) is 11.3 Å². The molecule has 0 aliphatic carbocycles.